The van der Waals surface area contributed by atoms with Gasteiger partial charge in [0.15, 0.2) is 0 Å². The molecule has 5 nitrogen and oxygen atoms in total. The summed E-state index contributed by atoms with van der Waals surface area (Å²) in [6, 6.07) is 50.1. The van der Waals surface area contributed by atoms with E-state index in [0.29, 0.717) is 22.7 Å². The fraction of sp³-hybridized carbons (Fsp3) is 0. The summed E-state index contributed by atoms with van der Waals surface area (Å²) in [4.78, 5) is 19.3. The van der Waals surface area contributed by atoms with Crippen molar-refractivity contribution >= 4 is 85.8 Å². The maximum absolute atomic E-state index is 15.5. The minimum absolute atomic E-state index is 0.357. The monoisotopic (exact) mass is 749 g/mol. The molecule has 0 aliphatic heterocycles. The molecule has 0 bridgehead atoms. The average molecular weight is 750 g/mol. The first-order chi connectivity index (χ1) is 28.2. The fourth-order valence-electron chi connectivity index (χ4n) is 8.66. The fourth-order valence-corrected chi connectivity index (χ4v) is 9.88. The quantitative estimate of drug-likeness (QED) is 0.180. The summed E-state index contributed by atoms with van der Waals surface area (Å²) in [5.41, 5.74) is 7.72. The molecule has 266 valence electrons. The number of hydrogen-bond donors (Lipinski definition) is 0. The van der Waals surface area contributed by atoms with Crippen LogP contribution in [0.15, 0.2) is 170 Å². The molecule has 0 N–H and O–H groups in total. The highest BCUT2D eigenvalue weighted by Crippen LogP contribution is 2.44. The molecule has 57 heavy (non-hydrogen) atoms. The third kappa shape index (κ3) is 4.92. The number of halogens is 1. The van der Waals surface area contributed by atoms with E-state index in [-0.39, 0.29) is 5.82 Å². The van der Waals surface area contributed by atoms with E-state index in [4.69, 9.17) is 9.97 Å². The zero-order valence-corrected chi connectivity index (χ0v) is 31.0. The number of pyridine rings is 2. The van der Waals surface area contributed by atoms with Gasteiger partial charge in [0.25, 0.3) is 0 Å². The lowest BCUT2D eigenvalue weighted by atomic mass is 9.97. The van der Waals surface area contributed by atoms with Crippen LogP contribution in [0.1, 0.15) is 0 Å². The summed E-state index contributed by atoms with van der Waals surface area (Å²) in [6.07, 6.45) is 6.94. The van der Waals surface area contributed by atoms with Gasteiger partial charge in [-0.1, -0.05) is 97.1 Å². The molecule has 5 aromatic heterocycles. The van der Waals surface area contributed by atoms with Gasteiger partial charge in [-0.2, -0.15) is 0 Å². The molecule has 0 saturated heterocycles. The van der Waals surface area contributed by atoms with E-state index in [1.807, 2.05) is 35.6 Å². The highest BCUT2D eigenvalue weighted by atomic mass is 32.1. The van der Waals surface area contributed by atoms with Crippen molar-refractivity contribution in [2.75, 3.05) is 0 Å². The van der Waals surface area contributed by atoms with Crippen molar-refractivity contribution in [2.45, 2.75) is 0 Å². The molecule has 12 aromatic rings. The van der Waals surface area contributed by atoms with Gasteiger partial charge in [0, 0.05) is 71.4 Å². The predicted octanol–water partition coefficient (Wildman–Crippen LogP) is 13.3. The van der Waals surface area contributed by atoms with Crippen LogP contribution in [0, 0.1) is 5.82 Å². The van der Waals surface area contributed by atoms with Crippen molar-refractivity contribution in [1.29, 1.82) is 0 Å². The first-order valence-electron chi connectivity index (χ1n) is 18.8. The lowest BCUT2D eigenvalue weighted by molar-refractivity contribution is 0.629. The zero-order valence-electron chi connectivity index (χ0n) is 30.2. The van der Waals surface area contributed by atoms with Crippen LogP contribution in [0.4, 0.5) is 4.39 Å². The summed E-state index contributed by atoms with van der Waals surface area (Å²) in [5.74, 6) is 0.127. The van der Waals surface area contributed by atoms with Gasteiger partial charge in [-0.05, 0) is 81.4 Å². The van der Waals surface area contributed by atoms with Gasteiger partial charge in [0.1, 0.15) is 5.82 Å². The van der Waals surface area contributed by atoms with Crippen molar-refractivity contribution in [2.24, 2.45) is 0 Å². The second kappa shape index (κ2) is 12.3. The number of thiophene rings is 1. The Kier molecular flexibility index (Phi) is 6.91. The molecule has 0 radical (unpaired) electrons. The lowest BCUT2D eigenvalue weighted by Crippen LogP contribution is -2.04. The van der Waals surface area contributed by atoms with Gasteiger partial charge in [0.05, 0.1) is 28.4 Å². The Morgan fingerprint density at radius 2 is 1.32 bits per heavy atom. The van der Waals surface area contributed by atoms with Crippen LogP contribution in [-0.4, -0.2) is 24.5 Å². The highest BCUT2D eigenvalue weighted by molar-refractivity contribution is 7.26. The summed E-state index contributed by atoms with van der Waals surface area (Å²) in [5, 5.41) is 10.3. The van der Waals surface area contributed by atoms with E-state index in [1.54, 1.807) is 24.8 Å². The third-order valence-corrected chi connectivity index (χ3v) is 12.4. The number of fused-ring (bicyclic) bond motifs is 11. The van der Waals surface area contributed by atoms with Crippen molar-refractivity contribution in [3.63, 3.8) is 0 Å². The Morgan fingerprint density at radius 3 is 2.19 bits per heavy atom. The molecule has 0 atom stereocenters. The van der Waals surface area contributed by atoms with Crippen LogP contribution in [0.5, 0.6) is 0 Å². The molecular weight excluding hydrogens is 722 g/mol. The summed E-state index contributed by atoms with van der Waals surface area (Å²) in [6.45, 7) is 0. The maximum atomic E-state index is 15.5. The Bertz CT molecular complexity index is 3610. The van der Waals surface area contributed by atoms with Crippen molar-refractivity contribution in [1.82, 2.24) is 24.5 Å². The molecule has 5 heterocycles. The Balaban J connectivity index is 1.14. The van der Waals surface area contributed by atoms with Gasteiger partial charge in [-0.25, -0.2) is 14.4 Å². The van der Waals surface area contributed by atoms with Crippen molar-refractivity contribution in [3.05, 3.63) is 176 Å². The van der Waals surface area contributed by atoms with Gasteiger partial charge in [-0.15, -0.1) is 11.3 Å². The SMILES string of the molecule is Fc1cc(-c2cccnc2)cc(-c2nc(-n3c4cccc(-c5ccc6sc7c8ccccc8ccc7c6c5)c4c4ccc5ccccc5c43)nc3cnccc23)c1. The smallest absolute Gasteiger partial charge is 0.235 e. The average Bonchev–Trinajstić information content (AvgIpc) is 3.82. The maximum Gasteiger partial charge on any atom is 0.235 e. The topological polar surface area (TPSA) is 56.5 Å². The first kappa shape index (κ1) is 31.9. The Labute approximate surface area is 329 Å². The van der Waals surface area contributed by atoms with Gasteiger partial charge in [-0.3, -0.25) is 14.5 Å². The van der Waals surface area contributed by atoms with E-state index >= 15 is 4.39 Å². The summed E-state index contributed by atoms with van der Waals surface area (Å²) in [7, 11) is 0. The molecule has 0 aliphatic rings. The van der Waals surface area contributed by atoms with E-state index in [2.05, 4.69) is 124 Å². The Hall–Kier alpha value is -7.35. The van der Waals surface area contributed by atoms with Crippen LogP contribution in [0.3, 0.4) is 0 Å². The minimum atomic E-state index is -0.357. The predicted molar refractivity (Wildman–Crippen MR) is 234 cm³/mol. The first-order valence-corrected chi connectivity index (χ1v) is 19.6. The van der Waals surface area contributed by atoms with E-state index < -0.39 is 0 Å². The van der Waals surface area contributed by atoms with Crippen molar-refractivity contribution < 1.29 is 4.39 Å². The summed E-state index contributed by atoms with van der Waals surface area (Å²) >= 11 is 1.85. The van der Waals surface area contributed by atoms with E-state index in [0.717, 1.165) is 60.2 Å². The molecular formula is C50H28FN5S. The largest absolute Gasteiger partial charge is 0.277 e. The second-order valence-corrected chi connectivity index (χ2v) is 15.5. The molecule has 0 fully saturated rings. The van der Waals surface area contributed by atoms with Crippen LogP contribution >= 0.6 is 11.3 Å². The van der Waals surface area contributed by atoms with Crippen LogP contribution in [0.2, 0.25) is 0 Å². The number of hydrogen-bond acceptors (Lipinski definition) is 5. The molecule has 0 saturated carbocycles. The molecule has 7 aromatic carbocycles. The second-order valence-electron chi connectivity index (χ2n) is 14.4. The van der Waals surface area contributed by atoms with Crippen LogP contribution in [0.25, 0.3) is 114 Å². The van der Waals surface area contributed by atoms with Crippen molar-refractivity contribution in [3.8, 4) is 39.5 Å². The van der Waals surface area contributed by atoms with Gasteiger partial charge in [0.2, 0.25) is 5.95 Å². The molecule has 0 unspecified atom stereocenters. The van der Waals surface area contributed by atoms with Gasteiger partial charge < -0.3 is 0 Å². The molecule has 0 aliphatic carbocycles. The van der Waals surface area contributed by atoms with E-state index in [1.165, 1.54) is 43.1 Å². The minimum Gasteiger partial charge on any atom is -0.277 e. The number of nitrogens with zero attached hydrogens (tertiary/aromatic N) is 5. The highest BCUT2D eigenvalue weighted by Gasteiger charge is 2.22. The Morgan fingerprint density at radius 1 is 0.509 bits per heavy atom. The zero-order chi connectivity index (χ0) is 37.6. The van der Waals surface area contributed by atoms with Crippen LogP contribution < -0.4 is 0 Å². The number of rotatable bonds is 4. The number of benzene rings is 7. The number of aromatic nitrogens is 5. The third-order valence-electron chi connectivity index (χ3n) is 11.2. The molecule has 0 amide bonds. The normalized spacial score (nSPS) is 11.9. The molecule has 7 heteroatoms. The molecule has 0 spiro atoms. The van der Waals surface area contributed by atoms with E-state index in [9.17, 15) is 0 Å². The molecule has 12 rings (SSSR count). The lowest BCUT2D eigenvalue weighted by Gasteiger charge is -2.13. The van der Waals surface area contributed by atoms with Gasteiger partial charge >= 0.3 is 0 Å². The standard InChI is InChI=1S/C50H28FN5S/c51-35-24-33(32-9-6-21-52-27-32)23-34(25-35)47-40-20-22-53-28-43(40)54-50(55-47)56-44-13-5-12-36(46(44)41-18-15-29-7-1-3-10-37(29)48(41)56)31-16-19-45-42(26-31)39-17-14-30-8-2-4-11-38(30)49(39)57-45/h1-28H. The summed E-state index contributed by atoms with van der Waals surface area (Å²) < 4.78 is 20.3. The van der Waals surface area contributed by atoms with Crippen LogP contribution in [-0.2, 0) is 0 Å².